The molecule has 0 atom stereocenters. The number of ether oxygens (including phenoxy) is 2. The second-order valence-corrected chi connectivity index (χ2v) is 6.26. The summed E-state index contributed by atoms with van der Waals surface area (Å²) in [6, 6.07) is 11.2. The highest BCUT2D eigenvalue weighted by molar-refractivity contribution is 5.94. The van der Waals surface area contributed by atoms with Crippen LogP contribution in [0.1, 0.15) is 12.5 Å². The van der Waals surface area contributed by atoms with Crippen molar-refractivity contribution in [2.75, 3.05) is 39.7 Å². The number of nitrogens with one attached hydrogen (secondary N) is 2. The number of halogens is 1. The Morgan fingerprint density at radius 1 is 1.14 bits per heavy atom. The zero-order valence-electron chi connectivity index (χ0n) is 17.2. The lowest BCUT2D eigenvalue weighted by molar-refractivity contribution is -0.114. The summed E-state index contributed by atoms with van der Waals surface area (Å²) in [4.78, 5) is 18.5. The van der Waals surface area contributed by atoms with Gasteiger partial charge in [-0.05, 0) is 43.3 Å². The zero-order chi connectivity index (χ0) is 21.2. The first kappa shape index (κ1) is 22.0. The van der Waals surface area contributed by atoms with Crippen molar-refractivity contribution >= 4 is 17.6 Å². The summed E-state index contributed by atoms with van der Waals surface area (Å²) in [5, 5.41) is 5.86. The Bertz CT molecular complexity index is 840. The largest absolute Gasteiger partial charge is 0.497 e. The molecule has 0 aromatic heterocycles. The first-order valence-electron chi connectivity index (χ1n) is 9.22. The summed E-state index contributed by atoms with van der Waals surface area (Å²) in [6.07, 6.45) is 0. The van der Waals surface area contributed by atoms with E-state index in [0.29, 0.717) is 36.2 Å². The molecule has 0 heterocycles. The van der Waals surface area contributed by atoms with Gasteiger partial charge in [0.15, 0.2) is 5.96 Å². The maximum atomic E-state index is 13.0. The highest BCUT2D eigenvalue weighted by Gasteiger charge is 2.12. The number of carbonyl (C=O) groups is 1. The second-order valence-electron chi connectivity index (χ2n) is 6.26. The van der Waals surface area contributed by atoms with Gasteiger partial charge in [0.2, 0.25) is 5.91 Å². The van der Waals surface area contributed by atoms with Crippen LogP contribution >= 0.6 is 0 Å². The van der Waals surface area contributed by atoms with Gasteiger partial charge in [-0.2, -0.15) is 0 Å². The molecule has 156 valence electrons. The number of rotatable bonds is 8. The van der Waals surface area contributed by atoms with E-state index in [1.165, 1.54) is 24.3 Å². The Morgan fingerprint density at radius 3 is 2.48 bits per heavy atom. The van der Waals surface area contributed by atoms with Crippen molar-refractivity contribution in [2.45, 2.75) is 13.5 Å². The standard InChI is InChI=1S/C21H27FN4O3/c1-5-23-21(24-13-20(27)25-17-9-7-16(22)8-10-17)26(2)14-15-6-11-18(28-3)12-19(15)29-4/h6-12H,5,13-14H2,1-4H3,(H,23,24)(H,25,27). The van der Waals surface area contributed by atoms with Gasteiger partial charge in [0, 0.05) is 37.5 Å². The molecule has 0 bridgehead atoms. The Kier molecular flexibility index (Phi) is 8.27. The second kappa shape index (κ2) is 10.9. The number of benzene rings is 2. The van der Waals surface area contributed by atoms with Crippen LogP contribution in [-0.2, 0) is 11.3 Å². The summed E-state index contributed by atoms with van der Waals surface area (Å²) >= 11 is 0. The zero-order valence-corrected chi connectivity index (χ0v) is 17.2. The minimum atomic E-state index is -0.356. The average molecular weight is 402 g/mol. The summed E-state index contributed by atoms with van der Waals surface area (Å²) in [5.41, 5.74) is 1.48. The third-order valence-corrected chi connectivity index (χ3v) is 4.10. The molecular formula is C21H27FN4O3. The van der Waals surface area contributed by atoms with E-state index in [1.54, 1.807) is 14.2 Å². The van der Waals surface area contributed by atoms with E-state index in [9.17, 15) is 9.18 Å². The summed E-state index contributed by atoms with van der Waals surface area (Å²) in [6.45, 7) is 3.07. The fourth-order valence-corrected chi connectivity index (χ4v) is 2.66. The number of anilines is 1. The van der Waals surface area contributed by atoms with Crippen molar-refractivity contribution in [3.05, 3.63) is 53.8 Å². The topological polar surface area (TPSA) is 75.2 Å². The Hall–Kier alpha value is -3.29. The molecule has 2 N–H and O–H groups in total. The lowest BCUT2D eigenvalue weighted by Gasteiger charge is -2.23. The molecule has 2 aromatic carbocycles. The molecular weight excluding hydrogens is 375 g/mol. The SMILES string of the molecule is CCNC(=NCC(=O)Nc1ccc(F)cc1)N(C)Cc1ccc(OC)cc1OC. The van der Waals surface area contributed by atoms with Crippen LogP contribution in [-0.4, -0.2) is 51.1 Å². The predicted molar refractivity (Wildman–Crippen MR) is 112 cm³/mol. The molecule has 0 radical (unpaired) electrons. The third-order valence-electron chi connectivity index (χ3n) is 4.10. The summed E-state index contributed by atoms with van der Waals surface area (Å²) < 4.78 is 23.6. The molecule has 0 aliphatic rings. The molecule has 2 aromatic rings. The summed E-state index contributed by atoms with van der Waals surface area (Å²) in [7, 11) is 5.09. The number of hydrogen-bond acceptors (Lipinski definition) is 4. The minimum absolute atomic E-state index is 0.0657. The molecule has 0 aliphatic carbocycles. The fourth-order valence-electron chi connectivity index (χ4n) is 2.66. The van der Waals surface area contributed by atoms with E-state index in [1.807, 2.05) is 37.1 Å². The molecule has 0 saturated carbocycles. The van der Waals surface area contributed by atoms with Crippen LogP contribution in [0.2, 0.25) is 0 Å². The minimum Gasteiger partial charge on any atom is -0.497 e. The average Bonchev–Trinajstić information content (AvgIpc) is 2.72. The lowest BCUT2D eigenvalue weighted by atomic mass is 10.2. The molecule has 0 fully saturated rings. The number of methoxy groups -OCH3 is 2. The van der Waals surface area contributed by atoms with Crippen molar-refractivity contribution in [1.29, 1.82) is 0 Å². The number of aliphatic imine (C=N–C) groups is 1. The number of carbonyl (C=O) groups excluding carboxylic acids is 1. The quantitative estimate of drug-likeness (QED) is 0.525. The van der Waals surface area contributed by atoms with Crippen LogP contribution < -0.4 is 20.1 Å². The van der Waals surface area contributed by atoms with E-state index in [0.717, 1.165) is 5.56 Å². The Morgan fingerprint density at radius 2 is 1.86 bits per heavy atom. The maximum Gasteiger partial charge on any atom is 0.246 e. The number of amides is 1. The van der Waals surface area contributed by atoms with Gasteiger partial charge in [0.25, 0.3) is 0 Å². The van der Waals surface area contributed by atoms with E-state index in [4.69, 9.17) is 9.47 Å². The molecule has 0 aliphatic heterocycles. The molecule has 0 spiro atoms. The highest BCUT2D eigenvalue weighted by atomic mass is 19.1. The maximum absolute atomic E-state index is 13.0. The van der Waals surface area contributed by atoms with Crippen molar-refractivity contribution in [3.8, 4) is 11.5 Å². The van der Waals surface area contributed by atoms with Crippen LogP contribution in [0.5, 0.6) is 11.5 Å². The van der Waals surface area contributed by atoms with Gasteiger partial charge in [0.1, 0.15) is 23.9 Å². The van der Waals surface area contributed by atoms with Gasteiger partial charge in [-0.25, -0.2) is 9.38 Å². The van der Waals surface area contributed by atoms with Crippen LogP contribution in [0.25, 0.3) is 0 Å². The number of hydrogen-bond donors (Lipinski definition) is 2. The van der Waals surface area contributed by atoms with Crippen molar-refractivity contribution in [2.24, 2.45) is 4.99 Å². The normalized spacial score (nSPS) is 11.0. The molecule has 8 heteroatoms. The molecule has 2 rings (SSSR count). The van der Waals surface area contributed by atoms with Gasteiger partial charge in [-0.15, -0.1) is 0 Å². The van der Waals surface area contributed by atoms with Gasteiger partial charge in [-0.3, -0.25) is 4.79 Å². The smallest absolute Gasteiger partial charge is 0.246 e. The Balaban J connectivity index is 2.05. The van der Waals surface area contributed by atoms with Crippen molar-refractivity contribution < 1.29 is 18.7 Å². The molecule has 1 amide bonds. The monoisotopic (exact) mass is 402 g/mol. The molecule has 0 unspecified atom stereocenters. The van der Waals surface area contributed by atoms with Crippen molar-refractivity contribution in [1.82, 2.24) is 10.2 Å². The van der Waals surface area contributed by atoms with Gasteiger partial charge in [-0.1, -0.05) is 0 Å². The first-order chi connectivity index (χ1) is 14.0. The fraction of sp³-hybridized carbons (Fsp3) is 0.333. The first-order valence-corrected chi connectivity index (χ1v) is 9.22. The highest BCUT2D eigenvalue weighted by Crippen LogP contribution is 2.25. The van der Waals surface area contributed by atoms with E-state index in [-0.39, 0.29) is 18.3 Å². The van der Waals surface area contributed by atoms with Crippen LogP contribution in [0, 0.1) is 5.82 Å². The Labute approximate surface area is 170 Å². The summed E-state index contributed by atoms with van der Waals surface area (Å²) in [5.74, 6) is 1.36. The van der Waals surface area contributed by atoms with Crippen LogP contribution in [0.3, 0.4) is 0 Å². The molecule has 7 nitrogen and oxygen atoms in total. The number of guanidine groups is 1. The van der Waals surface area contributed by atoms with Crippen molar-refractivity contribution in [3.63, 3.8) is 0 Å². The van der Waals surface area contributed by atoms with Gasteiger partial charge < -0.3 is 25.0 Å². The lowest BCUT2D eigenvalue weighted by Crippen LogP contribution is -2.39. The molecule has 29 heavy (non-hydrogen) atoms. The third kappa shape index (κ3) is 6.67. The van der Waals surface area contributed by atoms with Crippen LogP contribution in [0.4, 0.5) is 10.1 Å². The molecule has 0 saturated heterocycles. The van der Waals surface area contributed by atoms with E-state index < -0.39 is 0 Å². The predicted octanol–water partition coefficient (Wildman–Crippen LogP) is 2.88. The van der Waals surface area contributed by atoms with Crippen LogP contribution in [0.15, 0.2) is 47.5 Å². The van der Waals surface area contributed by atoms with Gasteiger partial charge in [0.05, 0.1) is 14.2 Å². The van der Waals surface area contributed by atoms with E-state index in [2.05, 4.69) is 15.6 Å². The number of nitrogens with zero attached hydrogens (tertiary/aromatic N) is 2. The van der Waals surface area contributed by atoms with Gasteiger partial charge >= 0.3 is 0 Å². The van der Waals surface area contributed by atoms with E-state index >= 15 is 0 Å².